The van der Waals surface area contributed by atoms with Gasteiger partial charge in [0.2, 0.25) is 0 Å². The van der Waals surface area contributed by atoms with Crippen LogP contribution in [0.3, 0.4) is 0 Å². The molecule has 1 N–H and O–H groups in total. The van der Waals surface area contributed by atoms with Crippen LogP contribution in [0.1, 0.15) is 22.5 Å². The maximum atomic E-state index is 11.4. The van der Waals surface area contributed by atoms with Crippen molar-refractivity contribution in [2.45, 2.75) is 13.3 Å². The molecule has 0 aliphatic heterocycles. The minimum Gasteiger partial charge on any atom is -0.469 e. The molecule has 0 radical (unpaired) electrons. The summed E-state index contributed by atoms with van der Waals surface area (Å²) in [6, 6.07) is 1.74. The maximum Gasteiger partial charge on any atom is 0.254 e. The van der Waals surface area contributed by atoms with Crippen molar-refractivity contribution in [1.82, 2.24) is 5.32 Å². The molecule has 1 amide bonds. The number of alkyl halides is 1. The Morgan fingerprint density at radius 2 is 2.46 bits per heavy atom. The lowest BCUT2D eigenvalue weighted by Crippen LogP contribution is -2.24. The molecule has 0 bridgehead atoms. The van der Waals surface area contributed by atoms with Crippen LogP contribution in [0.2, 0.25) is 0 Å². The summed E-state index contributed by atoms with van der Waals surface area (Å²) in [5.41, 5.74) is 0.603. The van der Waals surface area contributed by atoms with E-state index in [-0.39, 0.29) is 5.91 Å². The van der Waals surface area contributed by atoms with Crippen molar-refractivity contribution in [3.63, 3.8) is 0 Å². The Bertz CT molecular complexity index is 283. The molecule has 1 aromatic heterocycles. The molecule has 13 heavy (non-hydrogen) atoms. The molecule has 0 aromatic carbocycles. The molecule has 1 aromatic rings. The first kappa shape index (κ1) is 10.6. The number of hydrogen-bond acceptors (Lipinski definition) is 2. The van der Waals surface area contributed by atoms with Gasteiger partial charge in [0.05, 0.1) is 5.56 Å². The second-order valence-corrected chi connectivity index (χ2v) is 3.82. The lowest BCUT2D eigenvalue weighted by molar-refractivity contribution is 0.0953. The van der Waals surface area contributed by atoms with Crippen molar-refractivity contribution in [1.29, 1.82) is 0 Å². The van der Waals surface area contributed by atoms with Crippen molar-refractivity contribution >= 4 is 28.5 Å². The first-order valence-corrected chi connectivity index (χ1v) is 5.66. The van der Waals surface area contributed by atoms with E-state index in [4.69, 9.17) is 4.42 Å². The van der Waals surface area contributed by atoms with Gasteiger partial charge in [-0.15, -0.1) is 0 Å². The average Bonchev–Trinajstić information content (AvgIpc) is 2.52. The first-order valence-electron chi connectivity index (χ1n) is 4.13. The van der Waals surface area contributed by atoms with Crippen molar-refractivity contribution < 1.29 is 9.21 Å². The van der Waals surface area contributed by atoms with Crippen molar-refractivity contribution in [3.8, 4) is 0 Å². The third kappa shape index (κ3) is 3.38. The minimum atomic E-state index is -0.0540. The number of hydrogen-bond donors (Lipinski definition) is 1. The molecule has 3 nitrogen and oxygen atoms in total. The van der Waals surface area contributed by atoms with Crippen molar-refractivity contribution in [2.75, 3.05) is 11.0 Å². The predicted molar refractivity (Wildman–Crippen MR) is 59.3 cm³/mol. The Balaban J connectivity index is 2.40. The van der Waals surface area contributed by atoms with Gasteiger partial charge in [0.25, 0.3) is 5.91 Å². The van der Waals surface area contributed by atoms with Crippen molar-refractivity contribution in [2.24, 2.45) is 0 Å². The number of furan rings is 1. The lowest BCUT2D eigenvalue weighted by atomic mass is 10.3. The Morgan fingerprint density at radius 3 is 3.00 bits per heavy atom. The third-order valence-electron chi connectivity index (χ3n) is 1.59. The number of nitrogens with one attached hydrogen (secondary N) is 1. The number of aryl methyl sites for hydroxylation is 1. The lowest BCUT2D eigenvalue weighted by Gasteiger charge is -1.99. The molecular formula is C9H12INO2. The molecular weight excluding hydrogens is 281 g/mol. The SMILES string of the molecule is Cc1cc(C(=O)NCCCI)co1. The zero-order valence-corrected chi connectivity index (χ0v) is 9.63. The van der Waals surface area contributed by atoms with E-state index in [1.165, 1.54) is 6.26 Å². The van der Waals surface area contributed by atoms with Crippen LogP contribution in [-0.4, -0.2) is 16.9 Å². The van der Waals surface area contributed by atoms with Gasteiger partial charge in [-0.2, -0.15) is 0 Å². The molecule has 0 saturated heterocycles. The summed E-state index contributed by atoms with van der Waals surface area (Å²) in [6.07, 6.45) is 2.48. The van der Waals surface area contributed by atoms with Crippen LogP contribution >= 0.6 is 22.6 Å². The zero-order valence-electron chi connectivity index (χ0n) is 7.47. The van der Waals surface area contributed by atoms with Crippen LogP contribution in [0, 0.1) is 6.92 Å². The highest BCUT2D eigenvalue weighted by atomic mass is 127. The van der Waals surface area contributed by atoms with Crippen LogP contribution in [-0.2, 0) is 0 Å². The Morgan fingerprint density at radius 1 is 1.69 bits per heavy atom. The summed E-state index contributed by atoms with van der Waals surface area (Å²) in [5.74, 6) is 0.709. The van der Waals surface area contributed by atoms with Gasteiger partial charge in [-0.1, -0.05) is 22.6 Å². The standard InChI is InChI=1S/C9H12INO2/c1-7-5-8(6-13-7)9(12)11-4-2-3-10/h5-6H,2-4H2,1H3,(H,11,12). The van der Waals surface area contributed by atoms with Crippen LogP contribution in [0.25, 0.3) is 0 Å². The van der Waals surface area contributed by atoms with E-state index in [2.05, 4.69) is 27.9 Å². The van der Waals surface area contributed by atoms with E-state index in [0.29, 0.717) is 5.56 Å². The maximum absolute atomic E-state index is 11.4. The van der Waals surface area contributed by atoms with Gasteiger partial charge < -0.3 is 9.73 Å². The summed E-state index contributed by atoms with van der Waals surface area (Å²) in [6.45, 7) is 2.55. The first-order chi connectivity index (χ1) is 6.24. The van der Waals surface area contributed by atoms with Crippen LogP contribution in [0.15, 0.2) is 16.7 Å². The zero-order chi connectivity index (χ0) is 9.68. The molecule has 0 unspecified atom stereocenters. The summed E-state index contributed by atoms with van der Waals surface area (Å²) >= 11 is 2.28. The van der Waals surface area contributed by atoms with E-state index in [0.717, 1.165) is 23.2 Å². The molecule has 0 saturated carbocycles. The molecule has 4 heteroatoms. The quantitative estimate of drug-likeness (QED) is 0.525. The summed E-state index contributed by atoms with van der Waals surface area (Å²) in [7, 11) is 0. The monoisotopic (exact) mass is 293 g/mol. The van der Waals surface area contributed by atoms with Crippen LogP contribution in [0.4, 0.5) is 0 Å². The molecule has 1 heterocycles. The Kier molecular flexibility index (Phi) is 4.27. The number of rotatable bonds is 4. The number of carbonyl (C=O) groups excluding carboxylic acids is 1. The van der Waals surface area contributed by atoms with E-state index in [9.17, 15) is 4.79 Å². The smallest absolute Gasteiger partial charge is 0.254 e. The second kappa shape index (κ2) is 5.26. The number of amides is 1. The highest BCUT2D eigenvalue weighted by molar-refractivity contribution is 14.1. The average molecular weight is 293 g/mol. The van der Waals surface area contributed by atoms with Gasteiger partial charge in [-0.05, 0) is 19.4 Å². The summed E-state index contributed by atoms with van der Waals surface area (Å²) in [5, 5.41) is 2.81. The fourth-order valence-corrected chi connectivity index (χ4v) is 1.31. The number of halogens is 1. The van der Waals surface area contributed by atoms with Crippen molar-refractivity contribution in [3.05, 3.63) is 23.7 Å². The van der Waals surface area contributed by atoms with Gasteiger partial charge >= 0.3 is 0 Å². The van der Waals surface area contributed by atoms with E-state index in [1.54, 1.807) is 6.07 Å². The molecule has 0 spiro atoms. The van der Waals surface area contributed by atoms with Gasteiger partial charge in [0, 0.05) is 11.0 Å². The molecule has 0 aliphatic carbocycles. The van der Waals surface area contributed by atoms with E-state index < -0.39 is 0 Å². The topological polar surface area (TPSA) is 42.2 Å². The predicted octanol–water partition coefficient (Wildman–Crippen LogP) is 2.14. The fourth-order valence-electron chi connectivity index (χ4n) is 0.933. The number of carbonyl (C=O) groups is 1. The fraction of sp³-hybridized carbons (Fsp3) is 0.444. The highest BCUT2D eigenvalue weighted by Gasteiger charge is 2.06. The van der Waals surface area contributed by atoms with Gasteiger partial charge in [0.1, 0.15) is 12.0 Å². The minimum absolute atomic E-state index is 0.0540. The van der Waals surface area contributed by atoms with Crippen LogP contribution in [0.5, 0.6) is 0 Å². The van der Waals surface area contributed by atoms with Crippen LogP contribution < -0.4 is 5.32 Å². The highest BCUT2D eigenvalue weighted by Crippen LogP contribution is 2.05. The second-order valence-electron chi connectivity index (χ2n) is 2.74. The molecule has 72 valence electrons. The normalized spacial score (nSPS) is 10.0. The summed E-state index contributed by atoms with van der Waals surface area (Å²) < 4.78 is 6.09. The third-order valence-corrected chi connectivity index (χ3v) is 2.35. The molecule has 0 fully saturated rings. The molecule has 1 rings (SSSR count). The van der Waals surface area contributed by atoms with E-state index in [1.807, 2.05) is 6.92 Å². The van der Waals surface area contributed by atoms with Gasteiger partial charge in [-0.3, -0.25) is 4.79 Å². The molecule has 0 atom stereocenters. The van der Waals surface area contributed by atoms with Gasteiger partial charge in [-0.25, -0.2) is 0 Å². The molecule has 0 aliphatic rings. The largest absolute Gasteiger partial charge is 0.469 e. The Labute approximate surface area is 91.0 Å². The van der Waals surface area contributed by atoms with E-state index >= 15 is 0 Å². The Hall–Kier alpha value is -0.520. The van der Waals surface area contributed by atoms with Gasteiger partial charge in [0.15, 0.2) is 0 Å². The summed E-state index contributed by atoms with van der Waals surface area (Å²) in [4.78, 5) is 11.4.